The summed E-state index contributed by atoms with van der Waals surface area (Å²) >= 11 is 0. The van der Waals surface area contributed by atoms with Crippen LogP contribution in [0.4, 0.5) is 0 Å². The summed E-state index contributed by atoms with van der Waals surface area (Å²) in [6.07, 6.45) is 5.58. The molecular weight excluding hydrogens is 653 g/mol. The number of imidazole rings is 1. The van der Waals surface area contributed by atoms with Gasteiger partial charge >= 0.3 is 0 Å². The molecule has 9 aromatic rings. The second kappa shape index (κ2) is 13.3. The third-order valence-corrected chi connectivity index (χ3v) is 11.0. The van der Waals surface area contributed by atoms with E-state index in [1.54, 1.807) is 0 Å². The van der Waals surface area contributed by atoms with Gasteiger partial charge < -0.3 is 0 Å². The van der Waals surface area contributed by atoms with E-state index in [4.69, 9.17) is 4.98 Å². The van der Waals surface area contributed by atoms with Crippen molar-refractivity contribution in [2.75, 3.05) is 0 Å². The average Bonchev–Trinajstić information content (AvgIpc) is 3.62. The van der Waals surface area contributed by atoms with Crippen LogP contribution in [0.15, 0.2) is 194 Å². The SMILES string of the molecule is CC1CC=CC(c2ccccc2)=C1c1nc2ccccc2n1-c1ccc(-c2c3ccccc3c(-c3cccc(-c4ccccc4)c3)c3ccccc23)cc1. The van der Waals surface area contributed by atoms with E-state index in [-0.39, 0.29) is 0 Å². The number of benzene rings is 8. The molecule has 256 valence electrons. The molecule has 0 N–H and O–H groups in total. The van der Waals surface area contributed by atoms with Crippen LogP contribution in [-0.2, 0) is 0 Å². The highest BCUT2D eigenvalue weighted by atomic mass is 15.1. The lowest BCUT2D eigenvalue weighted by Gasteiger charge is -2.23. The van der Waals surface area contributed by atoms with Gasteiger partial charge in [-0.15, -0.1) is 0 Å². The first-order valence-corrected chi connectivity index (χ1v) is 18.9. The number of aromatic nitrogens is 2. The summed E-state index contributed by atoms with van der Waals surface area (Å²) in [6, 6.07) is 65.9. The molecule has 0 saturated heterocycles. The minimum atomic E-state index is 0.324. The Morgan fingerprint density at radius 2 is 1.02 bits per heavy atom. The Balaban J connectivity index is 1.15. The van der Waals surface area contributed by atoms with Gasteiger partial charge in [-0.25, -0.2) is 4.98 Å². The average molecular weight is 691 g/mol. The second-order valence-corrected chi connectivity index (χ2v) is 14.3. The van der Waals surface area contributed by atoms with Crippen LogP contribution in [0.3, 0.4) is 0 Å². The van der Waals surface area contributed by atoms with Crippen molar-refractivity contribution < 1.29 is 0 Å². The van der Waals surface area contributed by atoms with E-state index < -0.39 is 0 Å². The van der Waals surface area contributed by atoms with E-state index in [0.29, 0.717) is 5.92 Å². The van der Waals surface area contributed by atoms with E-state index in [9.17, 15) is 0 Å². The second-order valence-electron chi connectivity index (χ2n) is 14.3. The Hall–Kier alpha value is -6.77. The van der Waals surface area contributed by atoms with Crippen LogP contribution in [0.1, 0.15) is 24.7 Å². The molecule has 54 heavy (non-hydrogen) atoms. The molecule has 0 bridgehead atoms. The molecule has 1 unspecified atom stereocenters. The van der Waals surface area contributed by atoms with Gasteiger partial charge in [-0.1, -0.05) is 171 Å². The molecule has 0 amide bonds. The molecule has 1 heterocycles. The van der Waals surface area contributed by atoms with Crippen molar-refractivity contribution in [2.24, 2.45) is 5.92 Å². The maximum absolute atomic E-state index is 5.34. The highest BCUT2D eigenvalue weighted by Crippen LogP contribution is 2.45. The van der Waals surface area contributed by atoms with Crippen molar-refractivity contribution in [1.82, 2.24) is 9.55 Å². The third kappa shape index (κ3) is 5.38. The van der Waals surface area contributed by atoms with Gasteiger partial charge in [0.1, 0.15) is 5.82 Å². The lowest BCUT2D eigenvalue weighted by atomic mass is 9.84. The fourth-order valence-electron chi connectivity index (χ4n) is 8.55. The summed E-state index contributed by atoms with van der Waals surface area (Å²) in [4.78, 5) is 5.34. The van der Waals surface area contributed by atoms with E-state index >= 15 is 0 Å². The number of hydrogen-bond donors (Lipinski definition) is 0. The normalized spacial score (nSPS) is 14.4. The van der Waals surface area contributed by atoms with Crippen LogP contribution < -0.4 is 0 Å². The van der Waals surface area contributed by atoms with Gasteiger partial charge in [0.2, 0.25) is 0 Å². The zero-order chi connectivity index (χ0) is 36.0. The Kier molecular flexibility index (Phi) is 7.88. The quantitative estimate of drug-likeness (QED) is 0.159. The smallest absolute Gasteiger partial charge is 0.142 e. The van der Waals surface area contributed by atoms with E-state index in [0.717, 1.165) is 29.0 Å². The van der Waals surface area contributed by atoms with Crippen LogP contribution in [0.25, 0.3) is 82.8 Å². The van der Waals surface area contributed by atoms with E-state index in [1.807, 2.05) is 0 Å². The molecule has 10 rings (SSSR count). The molecule has 2 heteroatoms. The number of rotatable bonds is 6. The summed E-state index contributed by atoms with van der Waals surface area (Å²) in [6.45, 7) is 2.33. The number of allylic oxidation sites excluding steroid dienone is 4. The molecule has 2 nitrogen and oxygen atoms in total. The fourth-order valence-corrected chi connectivity index (χ4v) is 8.55. The number of nitrogens with zero attached hydrogens (tertiary/aromatic N) is 2. The Morgan fingerprint density at radius 3 is 1.69 bits per heavy atom. The Morgan fingerprint density at radius 1 is 0.481 bits per heavy atom. The van der Waals surface area contributed by atoms with Crippen LogP contribution in [0, 0.1) is 5.92 Å². The molecule has 1 aliphatic carbocycles. The standard InChI is InChI=1S/C52H38N2/c1-35-16-14-27-42(37-19-6-3-7-20-37)49(35)52-53-47-28-12-13-29-48(47)54(52)41-32-30-38(31-33-41)50-43-23-8-10-25-45(43)51(46-26-11-9-24-44(46)50)40-22-15-21-39(34-40)36-17-4-2-5-18-36/h2-15,17-35H,16H2,1H3. The van der Waals surface area contributed by atoms with Gasteiger partial charge in [0.05, 0.1) is 11.0 Å². The van der Waals surface area contributed by atoms with E-state index in [1.165, 1.54) is 71.6 Å². The van der Waals surface area contributed by atoms with Crippen molar-refractivity contribution >= 4 is 43.7 Å². The predicted octanol–water partition coefficient (Wildman–Crippen LogP) is 13.8. The first kappa shape index (κ1) is 31.9. The van der Waals surface area contributed by atoms with Gasteiger partial charge in [-0.2, -0.15) is 0 Å². The van der Waals surface area contributed by atoms with Crippen LogP contribution in [-0.4, -0.2) is 9.55 Å². The maximum Gasteiger partial charge on any atom is 0.142 e. The van der Waals surface area contributed by atoms with Crippen molar-refractivity contribution in [3.63, 3.8) is 0 Å². The molecular formula is C52H38N2. The molecule has 0 saturated carbocycles. The lowest BCUT2D eigenvalue weighted by Crippen LogP contribution is -2.10. The zero-order valence-corrected chi connectivity index (χ0v) is 30.2. The molecule has 0 spiro atoms. The van der Waals surface area contributed by atoms with Crippen LogP contribution >= 0.6 is 0 Å². The minimum absolute atomic E-state index is 0.324. The zero-order valence-electron chi connectivity index (χ0n) is 30.2. The van der Waals surface area contributed by atoms with Crippen LogP contribution in [0.5, 0.6) is 0 Å². The molecule has 8 aromatic carbocycles. The summed E-state index contributed by atoms with van der Waals surface area (Å²) in [5, 5.41) is 5.00. The first-order valence-electron chi connectivity index (χ1n) is 18.9. The maximum atomic E-state index is 5.34. The summed E-state index contributed by atoms with van der Waals surface area (Å²) < 4.78 is 2.37. The summed E-state index contributed by atoms with van der Waals surface area (Å²) in [7, 11) is 0. The lowest BCUT2D eigenvalue weighted by molar-refractivity contribution is 0.749. The van der Waals surface area contributed by atoms with Gasteiger partial charge in [0.25, 0.3) is 0 Å². The van der Waals surface area contributed by atoms with Gasteiger partial charge in [0.15, 0.2) is 0 Å². The van der Waals surface area contributed by atoms with Gasteiger partial charge in [-0.3, -0.25) is 4.57 Å². The highest BCUT2D eigenvalue weighted by molar-refractivity contribution is 6.21. The van der Waals surface area contributed by atoms with Crippen molar-refractivity contribution in [3.05, 3.63) is 206 Å². The molecule has 0 aliphatic heterocycles. The van der Waals surface area contributed by atoms with Crippen LogP contribution in [0.2, 0.25) is 0 Å². The minimum Gasteiger partial charge on any atom is -0.293 e. The largest absolute Gasteiger partial charge is 0.293 e. The first-order chi connectivity index (χ1) is 26.7. The van der Waals surface area contributed by atoms with Gasteiger partial charge in [-0.05, 0) is 109 Å². The van der Waals surface area contributed by atoms with Crippen molar-refractivity contribution in [1.29, 1.82) is 0 Å². The number of hydrogen-bond acceptors (Lipinski definition) is 1. The Bertz CT molecular complexity index is 2840. The monoisotopic (exact) mass is 690 g/mol. The summed E-state index contributed by atoms with van der Waals surface area (Å²) in [5.74, 6) is 1.34. The topological polar surface area (TPSA) is 17.8 Å². The molecule has 1 atom stereocenters. The van der Waals surface area contributed by atoms with Crippen molar-refractivity contribution in [2.45, 2.75) is 13.3 Å². The number of para-hydroxylation sites is 2. The van der Waals surface area contributed by atoms with Gasteiger partial charge in [0, 0.05) is 11.3 Å². The fraction of sp³-hybridized carbons (Fsp3) is 0.0577. The Labute approximate surface area is 316 Å². The molecule has 1 aliphatic rings. The van der Waals surface area contributed by atoms with E-state index in [2.05, 4.69) is 206 Å². The highest BCUT2D eigenvalue weighted by Gasteiger charge is 2.25. The molecule has 0 fully saturated rings. The molecule has 1 aromatic heterocycles. The molecule has 0 radical (unpaired) electrons. The third-order valence-electron chi connectivity index (χ3n) is 11.0. The van der Waals surface area contributed by atoms with Crippen molar-refractivity contribution in [3.8, 4) is 39.1 Å². The summed E-state index contributed by atoms with van der Waals surface area (Å²) in [5.41, 5.74) is 14.4. The number of fused-ring (bicyclic) bond motifs is 3. The predicted molar refractivity (Wildman–Crippen MR) is 229 cm³/mol.